The van der Waals surface area contributed by atoms with E-state index >= 15 is 8.78 Å². The first-order valence-electron chi connectivity index (χ1n) is 26.1. The predicted octanol–water partition coefficient (Wildman–Crippen LogP) is 8.35. The summed E-state index contributed by atoms with van der Waals surface area (Å²) in [6, 6.07) is 20.3. The summed E-state index contributed by atoms with van der Waals surface area (Å²) in [5.41, 5.74) is 6.02. The number of nitrogens with one attached hydrogen (secondary N) is 2. The lowest BCUT2D eigenvalue weighted by Gasteiger charge is -2.36. The number of aliphatic hydroxyl groups excluding tert-OH is 1. The second-order valence-electron chi connectivity index (χ2n) is 20.5. The molecular formula is C56H60F3N9O8S2. The van der Waals surface area contributed by atoms with Gasteiger partial charge in [-0.05, 0) is 84.3 Å². The minimum Gasteiger partial charge on any atom is -0.475 e. The standard InChI is InChI=1S/C56H60F3N9O8S2/c1-33(2)50(56(72)68-31-41(69)26-46(68)47(70)16-7-35-5-8-37(9-6-35)54-34(3)62-32-77-54)48-27-49(63-76-48)75-24-4-18-65-20-22-66(23-21-65)40-12-10-36(11-13-40)38-25-42-43(29-61-55(42)60-28-38)53(71)51-44(58)14-15-45(52(51)59)64-78(73,74)67-19-17-39(57)30-67/h5-6,8-15,25,27-29,32-33,39,41,46,50,64,69H,4,7,16-24,26,30-31H2,1-3H3,(H,60,61)/t39-,41-,46+,50+/m1/s1. The van der Waals surface area contributed by atoms with Crippen LogP contribution in [0.4, 0.5) is 24.5 Å². The first-order chi connectivity index (χ1) is 37.5. The van der Waals surface area contributed by atoms with E-state index < -0.39 is 69.7 Å². The van der Waals surface area contributed by atoms with Gasteiger partial charge >= 0.3 is 10.2 Å². The minimum absolute atomic E-state index is 0.00561. The van der Waals surface area contributed by atoms with Gasteiger partial charge in [0.15, 0.2) is 17.4 Å². The molecule has 0 unspecified atom stereocenters. The third-order valence-corrected chi connectivity index (χ3v) is 17.3. The summed E-state index contributed by atoms with van der Waals surface area (Å²) in [4.78, 5) is 60.5. The molecule has 410 valence electrons. The number of carbonyl (C=O) groups is 3. The summed E-state index contributed by atoms with van der Waals surface area (Å²) in [6.45, 7) is 9.75. The number of aliphatic hydroxyl groups is 1. The van der Waals surface area contributed by atoms with Gasteiger partial charge in [0.05, 0.1) is 46.1 Å². The number of amides is 1. The molecule has 7 heterocycles. The number of aromatic nitrogens is 4. The first-order valence-corrected chi connectivity index (χ1v) is 28.4. The number of hydrogen-bond donors (Lipinski definition) is 3. The Morgan fingerprint density at radius 1 is 0.949 bits per heavy atom. The zero-order chi connectivity index (χ0) is 54.8. The number of pyridine rings is 1. The van der Waals surface area contributed by atoms with Crippen LogP contribution in [0.3, 0.4) is 0 Å². The number of β-amino-alcohol motifs (C(OH)–C–C–N with tert-alkyl or cyclic N) is 1. The monoisotopic (exact) mass is 1110 g/mol. The Balaban J connectivity index is 0.690. The van der Waals surface area contributed by atoms with E-state index in [1.807, 2.05) is 79.5 Å². The Bertz CT molecular complexity index is 3420. The summed E-state index contributed by atoms with van der Waals surface area (Å²) in [5.74, 6) is -4.27. The maximum absolute atomic E-state index is 15.8. The number of ketones is 2. The lowest BCUT2D eigenvalue weighted by molar-refractivity contribution is -0.140. The second-order valence-corrected chi connectivity index (χ2v) is 23.0. The molecule has 4 atom stereocenters. The van der Waals surface area contributed by atoms with Crippen LogP contribution in [0.1, 0.15) is 78.4 Å². The Morgan fingerprint density at radius 3 is 2.41 bits per heavy atom. The number of aryl methyl sites for hydroxylation is 2. The number of benzene rings is 3. The molecule has 78 heavy (non-hydrogen) atoms. The summed E-state index contributed by atoms with van der Waals surface area (Å²) < 4.78 is 85.0. The Kier molecular flexibility index (Phi) is 16.1. The summed E-state index contributed by atoms with van der Waals surface area (Å²) in [7, 11) is -4.37. The fourth-order valence-electron chi connectivity index (χ4n) is 10.6. The molecule has 3 fully saturated rings. The van der Waals surface area contributed by atoms with Crippen molar-refractivity contribution < 1.29 is 50.3 Å². The third kappa shape index (κ3) is 11.7. The van der Waals surface area contributed by atoms with Crippen LogP contribution in [-0.2, 0) is 26.2 Å². The van der Waals surface area contributed by atoms with Crippen molar-refractivity contribution in [2.75, 3.05) is 68.6 Å². The van der Waals surface area contributed by atoms with E-state index in [1.54, 1.807) is 29.7 Å². The molecule has 3 saturated heterocycles. The normalized spacial score (nSPS) is 18.8. The molecule has 3 aliphatic rings. The molecule has 3 aliphatic heterocycles. The highest BCUT2D eigenvalue weighted by molar-refractivity contribution is 7.90. The van der Waals surface area contributed by atoms with Crippen molar-refractivity contribution in [1.82, 2.24) is 34.2 Å². The quantitative estimate of drug-likeness (QED) is 0.0485. The molecule has 0 radical (unpaired) electrons. The molecule has 0 aliphatic carbocycles. The van der Waals surface area contributed by atoms with Crippen molar-refractivity contribution in [3.63, 3.8) is 0 Å². The number of H-pyrrole nitrogens is 1. The van der Waals surface area contributed by atoms with Gasteiger partial charge in [0.2, 0.25) is 11.7 Å². The third-order valence-electron chi connectivity index (χ3n) is 14.9. The molecule has 0 bridgehead atoms. The van der Waals surface area contributed by atoms with E-state index in [4.69, 9.17) is 9.26 Å². The van der Waals surface area contributed by atoms with Gasteiger partial charge in [-0.15, -0.1) is 11.3 Å². The van der Waals surface area contributed by atoms with E-state index in [9.17, 15) is 32.3 Å². The van der Waals surface area contributed by atoms with Gasteiger partial charge in [-0.3, -0.25) is 24.0 Å². The van der Waals surface area contributed by atoms with Crippen molar-refractivity contribution in [1.29, 1.82) is 0 Å². The highest BCUT2D eigenvalue weighted by Crippen LogP contribution is 2.35. The van der Waals surface area contributed by atoms with Crippen molar-refractivity contribution in [3.05, 3.63) is 130 Å². The Labute approximate surface area is 453 Å². The zero-order valence-electron chi connectivity index (χ0n) is 43.3. The summed E-state index contributed by atoms with van der Waals surface area (Å²) in [5, 5.41) is 15.1. The topological polar surface area (TPSA) is 207 Å². The summed E-state index contributed by atoms with van der Waals surface area (Å²) in [6.07, 6.45) is 2.43. The predicted molar refractivity (Wildman–Crippen MR) is 290 cm³/mol. The van der Waals surface area contributed by atoms with Crippen LogP contribution in [0.2, 0.25) is 0 Å². The number of likely N-dealkylation sites (tertiary alicyclic amines) is 1. The number of aromatic amines is 1. The van der Waals surface area contributed by atoms with Gasteiger partial charge in [0.25, 0.3) is 5.88 Å². The van der Waals surface area contributed by atoms with E-state index in [2.05, 4.69) is 29.9 Å². The largest absolute Gasteiger partial charge is 0.475 e. The number of ether oxygens (including phenoxy) is 1. The van der Waals surface area contributed by atoms with E-state index in [-0.39, 0.29) is 61.4 Å². The van der Waals surface area contributed by atoms with Gasteiger partial charge < -0.3 is 29.2 Å². The van der Waals surface area contributed by atoms with Crippen molar-refractivity contribution in [3.8, 4) is 27.4 Å². The van der Waals surface area contributed by atoms with Crippen LogP contribution >= 0.6 is 11.3 Å². The number of carbonyl (C=O) groups excluding carboxylic acids is 3. The molecule has 10 rings (SSSR count). The van der Waals surface area contributed by atoms with Gasteiger partial charge in [-0.25, -0.2) is 23.1 Å². The van der Waals surface area contributed by atoms with Gasteiger partial charge in [-0.2, -0.15) is 12.7 Å². The molecule has 0 saturated carbocycles. The lowest BCUT2D eigenvalue weighted by Crippen LogP contribution is -2.46. The Hall–Kier alpha value is -6.98. The van der Waals surface area contributed by atoms with E-state index in [1.165, 1.54) is 11.1 Å². The maximum Gasteiger partial charge on any atom is 0.301 e. The van der Waals surface area contributed by atoms with Crippen LogP contribution in [0.25, 0.3) is 32.6 Å². The number of rotatable bonds is 20. The number of fused-ring (bicyclic) bond motifs is 1. The van der Waals surface area contributed by atoms with E-state index in [0.29, 0.717) is 35.4 Å². The maximum atomic E-state index is 15.8. The second kappa shape index (κ2) is 23.2. The van der Waals surface area contributed by atoms with Crippen LogP contribution in [-0.4, -0.2) is 142 Å². The van der Waals surface area contributed by atoms with Crippen molar-refractivity contribution in [2.24, 2.45) is 5.92 Å². The van der Waals surface area contributed by atoms with Gasteiger partial charge in [0, 0.05) is 106 Å². The number of piperazine rings is 1. The van der Waals surface area contributed by atoms with Crippen LogP contribution in [0, 0.1) is 24.5 Å². The highest BCUT2D eigenvalue weighted by Gasteiger charge is 2.43. The number of halogens is 3. The van der Waals surface area contributed by atoms with Crippen molar-refractivity contribution in [2.45, 2.75) is 77.1 Å². The molecule has 3 aromatic carbocycles. The zero-order valence-corrected chi connectivity index (χ0v) is 45.0. The molecule has 3 N–H and O–H groups in total. The van der Waals surface area contributed by atoms with Crippen molar-refractivity contribution >= 4 is 61.4 Å². The fraction of sp³-hybridized carbons (Fsp3) is 0.393. The average Bonchev–Trinajstić information content (AvgIpc) is 4.37. The van der Waals surface area contributed by atoms with Crippen LogP contribution < -0.4 is 14.4 Å². The molecule has 7 aromatic rings. The number of hydrogen-bond acceptors (Lipinski definition) is 14. The number of nitrogens with zero attached hydrogens (tertiary/aromatic N) is 7. The number of thiazole rings is 1. The average molecular weight is 1110 g/mol. The molecule has 4 aromatic heterocycles. The Morgan fingerprint density at radius 2 is 1.71 bits per heavy atom. The summed E-state index contributed by atoms with van der Waals surface area (Å²) >= 11 is 1.59. The van der Waals surface area contributed by atoms with E-state index in [0.717, 1.165) is 88.5 Å². The van der Waals surface area contributed by atoms with Crippen LogP contribution in [0.15, 0.2) is 95.2 Å². The smallest absolute Gasteiger partial charge is 0.301 e. The fourth-order valence-corrected chi connectivity index (χ4v) is 12.7. The minimum atomic E-state index is -4.37. The number of Topliss-reactive ketones (excluding diaryl/α,β-unsaturated/α-hetero) is 1. The molecule has 17 nitrogen and oxygen atoms in total. The highest BCUT2D eigenvalue weighted by atomic mass is 32.2. The SMILES string of the molecule is Cc1ncsc1-c1ccc(CCC(=O)[C@@H]2C[C@@H](O)CN2C(=O)[C@H](c2cc(OCCCN3CCN(c4ccc(-c5cnc6[nH]cc(C(=O)c7c(F)ccc(NS(=O)(=O)N8CC[C@@H](F)C8)c7F)c6c5)cc4)CC3)no2)C(C)C)cc1. The molecule has 0 spiro atoms. The molecule has 22 heteroatoms. The van der Waals surface area contributed by atoms with Crippen LogP contribution in [0.5, 0.6) is 5.88 Å². The molecular weight excluding hydrogens is 1050 g/mol. The lowest BCUT2D eigenvalue weighted by atomic mass is 9.91. The van der Waals surface area contributed by atoms with Gasteiger partial charge in [0.1, 0.15) is 23.6 Å². The number of anilines is 2. The van der Waals surface area contributed by atoms with Gasteiger partial charge in [-0.1, -0.05) is 50.2 Å². The first kappa shape index (κ1) is 54.4. The molecule has 1 amide bonds. The number of alkyl halides is 1.